The van der Waals surface area contributed by atoms with Crippen LogP contribution in [0.15, 0.2) is 60.7 Å². The SMILES string of the molecule is O=C(c1ccccc1)C1(O)CCCCC1.OC(c1ccccc1)C1(O)CCCCC1. The highest BCUT2D eigenvalue weighted by molar-refractivity contribution is 6.02. The van der Waals surface area contributed by atoms with Gasteiger partial charge in [-0.05, 0) is 31.2 Å². The molecule has 1 unspecified atom stereocenters. The summed E-state index contributed by atoms with van der Waals surface area (Å²) >= 11 is 0. The van der Waals surface area contributed by atoms with Gasteiger partial charge in [0.2, 0.25) is 0 Å². The van der Waals surface area contributed by atoms with Crippen LogP contribution < -0.4 is 0 Å². The zero-order valence-electron chi connectivity index (χ0n) is 17.7. The van der Waals surface area contributed by atoms with Gasteiger partial charge in [0.1, 0.15) is 11.7 Å². The first-order chi connectivity index (χ1) is 14.4. The Morgan fingerprint density at radius 3 is 1.70 bits per heavy atom. The van der Waals surface area contributed by atoms with Crippen LogP contribution in [0.5, 0.6) is 0 Å². The molecule has 2 saturated carbocycles. The van der Waals surface area contributed by atoms with Crippen LogP contribution in [-0.4, -0.2) is 32.3 Å². The minimum absolute atomic E-state index is 0.109. The van der Waals surface area contributed by atoms with Crippen molar-refractivity contribution in [1.82, 2.24) is 0 Å². The molecule has 2 fully saturated rings. The van der Waals surface area contributed by atoms with Crippen molar-refractivity contribution in [3.63, 3.8) is 0 Å². The molecule has 0 aliphatic heterocycles. The van der Waals surface area contributed by atoms with Crippen LogP contribution >= 0.6 is 0 Å². The predicted octanol–water partition coefficient (Wildman–Crippen LogP) is 4.98. The van der Waals surface area contributed by atoms with Crippen molar-refractivity contribution in [1.29, 1.82) is 0 Å². The van der Waals surface area contributed by atoms with Gasteiger partial charge in [-0.15, -0.1) is 0 Å². The summed E-state index contributed by atoms with van der Waals surface area (Å²) in [5.74, 6) is -0.109. The summed E-state index contributed by atoms with van der Waals surface area (Å²) in [4.78, 5) is 12.1. The van der Waals surface area contributed by atoms with Crippen LogP contribution in [0, 0.1) is 0 Å². The van der Waals surface area contributed by atoms with Gasteiger partial charge in [-0.25, -0.2) is 0 Å². The number of benzene rings is 2. The molecule has 3 N–H and O–H groups in total. The molecule has 4 heteroatoms. The van der Waals surface area contributed by atoms with Gasteiger partial charge >= 0.3 is 0 Å². The molecule has 2 aromatic carbocycles. The Bertz CT molecular complexity index is 775. The number of hydrogen-bond donors (Lipinski definition) is 3. The smallest absolute Gasteiger partial charge is 0.194 e. The topological polar surface area (TPSA) is 77.8 Å². The van der Waals surface area contributed by atoms with E-state index in [1.165, 1.54) is 6.42 Å². The van der Waals surface area contributed by atoms with Gasteiger partial charge in [0.25, 0.3) is 0 Å². The highest BCUT2D eigenvalue weighted by atomic mass is 16.3. The van der Waals surface area contributed by atoms with Crippen LogP contribution in [0.25, 0.3) is 0 Å². The van der Waals surface area contributed by atoms with Crippen molar-refractivity contribution < 1.29 is 20.1 Å². The van der Waals surface area contributed by atoms with Crippen LogP contribution in [0.1, 0.15) is 86.2 Å². The molecule has 30 heavy (non-hydrogen) atoms. The molecule has 0 heterocycles. The summed E-state index contributed by atoms with van der Waals surface area (Å²) in [6.07, 6.45) is 8.14. The zero-order valence-corrected chi connectivity index (χ0v) is 17.7. The van der Waals surface area contributed by atoms with E-state index in [0.717, 1.165) is 37.7 Å². The van der Waals surface area contributed by atoms with Crippen molar-refractivity contribution in [3.05, 3.63) is 71.8 Å². The van der Waals surface area contributed by atoms with Gasteiger partial charge in [0.15, 0.2) is 5.78 Å². The third-order valence-corrected chi connectivity index (χ3v) is 6.48. The Morgan fingerprint density at radius 2 is 1.17 bits per heavy atom. The average Bonchev–Trinajstić information content (AvgIpc) is 2.80. The van der Waals surface area contributed by atoms with E-state index in [-0.39, 0.29) is 5.78 Å². The summed E-state index contributed by atoms with van der Waals surface area (Å²) in [5, 5.41) is 30.7. The summed E-state index contributed by atoms with van der Waals surface area (Å²) < 4.78 is 0. The third-order valence-electron chi connectivity index (χ3n) is 6.48. The molecule has 2 aliphatic rings. The summed E-state index contributed by atoms with van der Waals surface area (Å²) in [7, 11) is 0. The second kappa shape index (κ2) is 10.3. The molecule has 4 rings (SSSR count). The molecule has 0 radical (unpaired) electrons. The van der Waals surface area contributed by atoms with Gasteiger partial charge in [0.05, 0.1) is 5.60 Å². The zero-order chi connectivity index (χ0) is 21.5. The van der Waals surface area contributed by atoms with E-state index in [2.05, 4.69) is 0 Å². The maximum absolute atomic E-state index is 12.1. The van der Waals surface area contributed by atoms with Crippen molar-refractivity contribution in [2.45, 2.75) is 81.5 Å². The lowest BCUT2D eigenvalue weighted by Gasteiger charge is -2.36. The lowest BCUT2D eigenvalue weighted by atomic mass is 9.78. The molecule has 0 saturated heterocycles. The highest BCUT2D eigenvalue weighted by Crippen LogP contribution is 2.38. The molecule has 162 valence electrons. The van der Waals surface area contributed by atoms with E-state index in [1.807, 2.05) is 48.5 Å². The molecule has 0 bridgehead atoms. The quantitative estimate of drug-likeness (QED) is 0.621. The van der Waals surface area contributed by atoms with E-state index in [9.17, 15) is 20.1 Å². The fraction of sp³-hybridized carbons (Fsp3) is 0.500. The minimum Gasteiger partial charge on any atom is -0.387 e. The van der Waals surface area contributed by atoms with Crippen molar-refractivity contribution in [2.24, 2.45) is 0 Å². The second-order valence-electron chi connectivity index (χ2n) is 8.76. The standard InChI is InChI=1S/C13H18O2.C13H16O2/c2*14-12(11-7-3-1-4-8-11)13(15)9-5-2-6-10-13/h1,3-4,7-8,12,14-15H,2,5-6,9-10H2;1,3-4,7-8,15H,2,5-6,9-10H2. The number of carbonyl (C=O) groups is 1. The molecular weight excluding hydrogens is 376 g/mol. The van der Waals surface area contributed by atoms with Crippen LogP contribution in [0.2, 0.25) is 0 Å². The fourth-order valence-electron chi connectivity index (χ4n) is 4.60. The summed E-state index contributed by atoms with van der Waals surface area (Å²) in [6, 6.07) is 18.5. The average molecular weight is 411 g/mol. The molecule has 1 atom stereocenters. The number of aliphatic hydroxyl groups is 3. The normalized spacial score (nSPS) is 21.0. The van der Waals surface area contributed by atoms with Gasteiger partial charge in [-0.3, -0.25) is 4.79 Å². The number of hydrogen-bond acceptors (Lipinski definition) is 4. The first-order valence-corrected chi connectivity index (χ1v) is 11.2. The Labute approximate surface area is 179 Å². The van der Waals surface area contributed by atoms with Gasteiger partial charge < -0.3 is 15.3 Å². The number of aliphatic hydroxyl groups excluding tert-OH is 1. The Kier molecular flexibility index (Phi) is 7.81. The highest BCUT2D eigenvalue weighted by Gasteiger charge is 2.38. The van der Waals surface area contributed by atoms with E-state index in [4.69, 9.17) is 0 Å². The molecular formula is C26H34O4. The lowest BCUT2D eigenvalue weighted by molar-refractivity contribution is -0.0991. The Morgan fingerprint density at radius 1 is 0.700 bits per heavy atom. The maximum Gasteiger partial charge on any atom is 0.194 e. The third kappa shape index (κ3) is 5.57. The van der Waals surface area contributed by atoms with Crippen molar-refractivity contribution >= 4 is 5.78 Å². The van der Waals surface area contributed by atoms with Crippen LogP contribution in [-0.2, 0) is 0 Å². The Hall–Kier alpha value is -2.01. The largest absolute Gasteiger partial charge is 0.387 e. The predicted molar refractivity (Wildman–Crippen MR) is 118 cm³/mol. The summed E-state index contributed by atoms with van der Waals surface area (Å²) in [5.41, 5.74) is -0.553. The number of carbonyl (C=O) groups excluding carboxylic acids is 1. The van der Waals surface area contributed by atoms with Gasteiger partial charge in [0, 0.05) is 5.56 Å². The molecule has 2 aliphatic carbocycles. The molecule has 0 aromatic heterocycles. The van der Waals surface area contributed by atoms with Crippen LogP contribution in [0.4, 0.5) is 0 Å². The molecule has 0 amide bonds. The number of Topliss-reactive ketones (excluding diaryl/α,β-unsaturated/α-hetero) is 1. The summed E-state index contributed by atoms with van der Waals surface area (Å²) in [6.45, 7) is 0. The molecule has 2 aromatic rings. The van der Waals surface area contributed by atoms with E-state index < -0.39 is 17.3 Å². The number of ketones is 1. The van der Waals surface area contributed by atoms with Gasteiger partial charge in [-0.2, -0.15) is 0 Å². The Balaban J connectivity index is 0.000000171. The molecule has 4 nitrogen and oxygen atoms in total. The molecule has 0 spiro atoms. The fourth-order valence-corrected chi connectivity index (χ4v) is 4.60. The van der Waals surface area contributed by atoms with E-state index in [0.29, 0.717) is 31.2 Å². The minimum atomic E-state index is -1.10. The monoisotopic (exact) mass is 410 g/mol. The number of rotatable bonds is 4. The van der Waals surface area contributed by atoms with E-state index in [1.54, 1.807) is 12.1 Å². The van der Waals surface area contributed by atoms with Gasteiger partial charge in [-0.1, -0.05) is 99.2 Å². The van der Waals surface area contributed by atoms with E-state index >= 15 is 0 Å². The van der Waals surface area contributed by atoms with Crippen LogP contribution in [0.3, 0.4) is 0 Å². The van der Waals surface area contributed by atoms with Crippen molar-refractivity contribution in [3.8, 4) is 0 Å². The maximum atomic E-state index is 12.1. The first kappa shape index (κ1) is 22.7. The van der Waals surface area contributed by atoms with Crippen molar-refractivity contribution in [2.75, 3.05) is 0 Å². The first-order valence-electron chi connectivity index (χ1n) is 11.2. The second-order valence-corrected chi connectivity index (χ2v) is 8.76. The lowest BCUT2D eigenvalue weighted by Crippen LogP contribution is -2.40.